The van der Waals surface area contributed by atoms with Gasteiger partial charge < -0.3 is 37.9 Å². The molecule has 0 aliphatic carbocycles. The molecule has 0 amide bonds. The molecule has 0 radical (unpaired) electrons. The summed E-state index contributed by atoms with van der Waals surface area (Å²) in [6.45, 7) is -0.558. The van der Waals surface area contributed by atoms with Gasteiger partial charge in [0.25, 0.3) is 0 Å². The second kappa shape index (κ2) is 20.1. The van der Waals surface area contributed by atoms with Crippen LogP contribution in [-0.2, 0) is 28.5 Å². The third-order valence-electron chi connectivity index (χ3n) is 8.86. The predicted octanol–water partition coefficient (Wildman–Crippen LogP) is 7.28. The van der Waals surface area contributed by atoms with Crippen LogP contribution in [0.25, 0.3) is 6.08 Å². The molecule has 302 valence electrons. The molecule has 0 unspecified atom stereocenters. The molecule has 13 nitrogen and oxygen atoms in total. The first-order valence-corrected chi connectivity index (χ1v) is 18.9. The van der Waals surface area contributed by atoms with Crippen LogP contribution in [0.5, 0.6) is 17.2 Å². The summed E-state index contributed by atoms with van der Waals surface area (Å²) in [6, 6.07) is 35.3. The molecule has 1 fully saturated rings. The van der Waals surface area contributed by atoms with E-state index in [-0.39, 0.29) is 44.2 Å². The third-order valence-corrected chi connectivity index (χ3v) is 9.13. The monoisotopic (exact) mass is 864 g/mol. The number of rotatable bonds is 15. The van der Waals surface area contributed by atoms with Crippen molar-refractivity contribution in [1.82, 2.24) is 0 Å². The van der Waals surface area contributed by atoms with Crippen molar-refractivity contribution in [2.75, 3.05) is 20.8 Å². The maximum atomic E-state index is 13.9. The molecule has 1 aliphatic heterocycles. The normalized spacial score (nSPS) is 18.5. The van der Waals surface area contributed by atoms with E-state index in [0.29, 0.717) is 5.56 Å². The van der Waals surface area contributed by atoms with Gasteiger partial charge in [-0.1, -0.05) is 78.9 Å². The summed E-state index contributed by atoms with van der Waals surface area (Å²) in [7, 11) is 2.74. The molecule has 6 rings (SSSR count). The number of methoxy groups -OCH3 is 2. The zero-order valence-electron chi connectivity index (χ0n) is 31.6. The number of benzene rings is 5. The van der Waals surface area contributed by atoms with E-state index in [9.17, 15) is 24.0 Å². The molecule has 0 spiro atoms. The minimum absolute atomic E-state index is 0.0454. The topological polar surface area (TPSA) is 159 Å². The van der Waals surface area contributed by atoms with Crippen molar-refractivity contribution in [3.8, 4) is 17.2 Å². The van der Waals surface area contributed by atoms with Crippen LogP contribution in [0.4, 0.5) is 0 Å². The number of allylic oxidation sites excluding steroid dienone is 1. The molecule has 0 bridgehead atoms. The van der Waals surface area contributed by atoms with Crippen LogP contribution in [0.3, 0.4) is 0 Å². The summed E-state index contributed by atoms with van der Waals surface area (Å²) in [4.78, 5) is 66.6. The zero-order valence-corrected chi connectivity index (χ0v) is 33.2. The number of esters is 4. The van der Waals surface area contributed by atoms with Crippen LogP contribution in [0.15, 0.2) is 140 Å². The molecule has 5 aromatic rings. The van der Waals surface area contributed by atoms with Crippen LogP contribution >= 0.6 is 15.9 Å². The minimum Gasteiger partial charge on any atom is -0.493 e. The maximum Gasteiger partial charge on any atom is 0.338 e. The van der Waals surface area contributed by atoms with E-state index in [2.05, 4.69) is 15.9 Å². The predicted molar refractivity (Wildman–Crippen MR) is 215 cm³/mol. The average Bonchev–Trinajstić information content (AvgIpc) is 3.27. The van der Waals surface area contributed by atoms with Crippen molar-refractivity contribution in [1.29, 1.82) is 0 Å². The molecular formula is C45H37BrO13. The average molecular weight is 866 g/mol. The Morgan fingerprint density at radius 3 is 1.41 bits per heavy atom. The Hall–Kier alpha value is -6.77. The second-order valence-electron chi connectivity index (χ2n) is 12.7. The van der Waals surface area contributed by atoms with Gasteiger partial charge in [-0.25, -0.2) is 19.2 Å². The van der Waals surface area contributed by atoms with Gasteiger partial charge in [0.2, 0.25) is 22.8 Å². The lowest BCUT2D eigenvalue weighted by atomic mass is 9.97. The van der Waals surface area contributed by atoms with E-state index < -0.39 is 61.2 Å². The second-order valence-corrected chi connectivity index (χ2v) is 13.5. The van der Waals surface area contributed by atoms with Crippen LogP contribution < -0.4 is 14.2 Å². The molecule has 1 heterocycles. The quantitative estimate of drug-likeness (QED) is 0.0448. The van der Waals surface area contributed by atoms with Crippen LogP contribution in [0.2, 0.25) is 0 Å². The van der Waals surface area contributed by atoms with Crippen molar-refractivity contribution in [2.24, 2.45) is 0 Å². The summed E-state index contributed by atoms with van der Waals surface area (Å²) in [5.74, 6) is -3.16. The SMILES string of the molecule is COc1cc(/C=C/C(=O)Br)cc(OC)c1O[C@@H]1O[C@H](COC(=O)c2ccccc2)[C@H](OC(=O)c2ccccc2)[C@H](OC(=O)c2ccccc2)[C@H]1OC(=O)c1ccccc1. The van der Waals surface area contributed by atoms with Gasteiger partial charge in [-0.2, -0.15) is 0 Å². The maximum absolute atomic E-state index is 13.9. The highest BCUT2D eigenvalue weighted by Gasteiger charge is 2.54. The van der Waals surface area contributed by atoms with Gasteiger partial charge >= 0.3 is 23.9 Å². The number of hydrogen-bond donors (Lipinski definition) is 0. The number of carbonyl (C=O) groups excluding carboxylic acids is 5. The van der Waals surface area contributed by atoms with E-state index in [1.807, 2.05) is 0 Å². The van der Waals surface area contributed by atoms with Gasteiger partial charge in [-0.05, 0) is 88.2 Å². The standard InChI is InChI=1S/C45H37BrO13/c1-52-33-25-28(23-24-36(46)47)26-34(53-2)37(33)59-45-40(58-44(51)32-21-13-6-14-22-32)39(57-43(50)31-19-11-5-12-20-31)38(56-42(49)30-17-9-4-10-18-30)35(55-45)27-54-41(48)29-15-7-3-8-16-29/h3-26,35,38-40,45H,27H2,1-2H3/b24-23+/t35-,38+,39+,40-,45+/m1/s1. The first-order valence-electron chi connectivity index (χ1n) is 18.1. The number of halogens is 1. The molecular weight excluding hydrogens is 828 g/mol. The van der Waals surface area contributed by atoms with E-state index in [1.165, 1.54) is 62.8 Å². The fourth-order valence-corrected chi connectivity index (χ4v) is 6.14. The van der Waals surface area contributed by atoms with E-state index in [1.54, 1.807) is 97.1 Å². The van der Waals surface area contributed by atoms with Gasteiger partial charge in [0.05, 0.1) is 36.5 Å². The lowest BCUT2D eigenvalue weighted by molar-refractivity contribution is -0.275. The van der Waals surface area contributed by atoms with Gasteiger partial charge in [0.1, 0.15) is 12.7 Å². The molecule has 14 heteroatoms. The van der Waals surface area contributed by atoms with Crippen LogP contribution in [-0.4, -0.2) is 80.1 Å². The smallest absolute Gasteiger partial charge is 0.338 e. The highest BCUT2D eigenvalue weighted by molar-refractivity contribution is 9.18. The highest BCUT2D eigenvalue weighted by Crippen LogP contribution is 2.42. The van der Waals surface area contributed by atoms with Gasteiger partial charge in [0.15, 0.2) is 23.7 Å². The summed E-state index contributed by atoms with van der Waals surface area (Å²) in [5.41, 5.74) is 1.11. The molecule has 5 atom stereocenters. The lowest BCUT2D eigenvalue weighted by Gasteiger charge is -2.44. The molecule has 0 aromatic heterocycles. The summed E-state index contributed by atoms with van der Waals surface area (Å²) in [6.07, 6.45) is -5.22. The van der Waals surface area contributed by atoms with Gasteiger partial charge in [-0.3, -0.25) is 4.79 Å². The number of carbonyl (C=O) groups is 5. The molecule has 1 saturated heterocycles. The molecule has 0 N–H and O–H groups in total. The molecule has 5 aromatic carbocycles. The first-order chi connectivity index (χ1) is 28.6. The van der Waals surface area contributed by atoms with Crippen molar-refractivity contribution < 1.29 is 61.9 Å². The highest BCUT2D eigenvalue weighted by atomic mass is 79.9. The Kier molecular flexibility index (Phi) is 14.2. The Morgan fingerprint density at radius 2 is 0.983 bits per heavy atom. The zero-order chi connectivity index (χ0) is 41.7. The van der Waals surface area contributed by atoms with Crippen molar-refractivity contribution in [3.05, 3.63) is 167 Å². The summed E-state index contributed by atoms with van der Waals surface area (Å²) >= 11 is 2.87. The molecule has 59 heavy (non-hydrogen) atoms. The van der Waals surface area contributed by atoms with Crippen molar-refractivity contribution in [3.63, 3.8) is 0 Å². The summed E-state index contributed by atoms with van der Waals surface area (Å²) in [5, 5.41) is 0. The van der Waals surface area contributed by atoms with Gasteiger partial charge in [-0.15, -0.1) is 0 Å². The molecule has 0 saturated carbocycles. The Morgan fingerprint density at radius 1 is 0.576 bits per heavy atom. The number of ether oxygens (including phenoxy) is 8. The van der Waals surface area contributed by atoms with Gasteiger partial charge in [0, 0.05) is 0 Å². The molecule has 1 aliphatic rings. The fourth-order valence-electron chi connectivity index (χ4n) is 6.01. The largest absolute Gasteiger partial charge is 0.493 e. The fraction of sp³-hybridized carbons (Fsp3) is 0.178. The van der Waals surface area contributed by atoms with Crippen molar-refractivity contribution in [2.45, 2.75) is 30.7 Å². The van der Waals surface area contributed by atoms with Crippen LogP contribution in [0.1, 0.15) is 47.0 Å². The number of hydrogen-bond acceptors (Lipinski definition) is 13. The lowest BCUT2D eigenvalue weighted by Crippen LogP contribution is -2.64. The first kappa shape index (κ1) is 41.9. The van der Waals surface area contributed by atoms with Crippen molar-refractivity contribution >= 4 is 50.6 Å². The van der Waals surface area contributed by atoms with E-state index in [4.69, 9.17) is 37.9 Å². The minimum atomic E-state index is -1.68. The Bertz CT molecular complexity index is 2240. The van der Waals surface area contributed by atoms with E-state index >= 15 is 0 Å². The Labute approximate surface area is 347 Å². The third kappa shape index (κ3) is 10.8. The van der Waals surface area contributed by atoms with Crippen LogP contribution in [0, 0.1) is 0 Å². The Balaban J connectivity index is 1.48. The van der Waals surface area contributed by atoms with E-state index in [0.717, 1.165) is 0 Å². The summed E-state index contributed by atoms with van der Waals surface area (Å²) < 4.78 is 48.0.